The third-order valence-corrected chi connectivity index (χ3v) is 4.76. The van der Waals surface area contributed by atoms with Gasteiger partial charge in [0.15, 0.2) is 0 Å². The molecule has 1 aromatic carbocycles. The summed E-state index contributed by atoms with van der Waals surface area (Å²) in [6, 6.07) is 4.10. The number of nitrogens with zero attached hydrogens (tertiary/aromatic N) is 1. The Morgan fingerprint density at radius 3 is 2.57 bits per heavy atom. The van der Waals surface area contributed by atoms with Crippen molar-refractivity contribution in [3.05, 3.63) is 33.4 Å². The Bertz CT molecular complexity index is 526. The normalized spacial score (nSPS) is 22.3. The SMILES string of the molecule is Cc1cc([N+](=O)[O-])c(C)cc1NC1CCCC(C(C)C)C1. The van der Waals surface area contributed by atoms with E-state index in [1.165, 1.54) is 25.7 Å². The van der Waals surface area contributed by atoms with Crippen molar-refractivity contribution >= 4 is 11.4 Å². The van der Waals surface area contributed by atoms with E-state index in [-0.39, 0.29) is 10.6 Å². The van der Waals surface area contributed by atoms with E-state index >= 15 is 0 Å². The van der Waals surface area contributed by atoms with Crippen molar-refractivity contribution in [3.8, 4) is 0 Å². The molecule has 116 valence electrons. The Kier molecular flexibility index (Phi) is 4.86. The summed E-state index contributed by atoms with van der Waals surface area (Å²) in [6.07, 6.45) is 4.99. The fraction of sp³-hybridized carbons (Fsp3) is 0.647. The second kappa shape index (κ2) is 6.46. The highest BCUT2D eigenvalue weighted by Gasteiger charge is 2.24. The molecular formula is C17H26N2O2. The van der Waals surface area contributed by atoms with E-state index in [4.69, 9.17) is 0 Å². The van der Waals surface area contributed by atoms with Crippen LogP contribution in [0.1, 0.15) is 50.7 Å². The molecule has 0 bridgehead atoms. The molecule has 0 amide bonds. The standard InChI is InChI=1S/C17H26N2O2/c1-11(2)14-6-5-7-15(10-14)18-16-8-13(4)17(19(20)21)9-12(16)3/h8-9,11,14-15,18H,5-7,10H2,1-4H3. The van der Waals surface area contributed by atoms with Crippen LogP contribution in [0.4, 0.5) is 11.4 Å². The molecule has 2 rings (SSSR count). The third kappa shape index (κ3) is 3.74. The highest BCUT2D eigenvalue weighted by molar-refractivity contribution is 5.59. The molecule has 0 heterocycles. The lowest BCUT2D eigenvalue weighted by Crippen LogP contribution is -2.29. The zero-order valence-electron chi connectivity index (χ0n) is 13.5. The van der Waals surface area contributed by atoms with Gasteiger partial charge in [0.2, 0.25) is 0 Å². The van der Waals surface area contributed by atoms with E-state index in [1.807, 2.05) is 13.0 Å². The van der Waals surface area contributed by atoms with E-state index in [2.05, 4.69) is 19.2 Å². The van der Waals surface area contributed by atoms with Gasteiger partial charge in [0.25, 0.3) is 5.69 Å². The number of nitro groups is 1. The Morgan fingerprint density at radius 1 is 1.24 bits per heavy atom. The molecule has 1 aliphatic carbocycles. The second-order valence-electron chi connectivity index (χ2n) is 6.72. The number of hydrogen-bond donors (Lipinski definition) is 1. The molecule has 1 aromatic rings. The fourth-order valence-electron chi connectivity index (χ4n) is 3.34. The van der Waals surface area contributed by atoms with Crippen LogP contribution in [-0.4, -0.2) is 11.0 Å². The smallest absolute Gasteiger partial charge is 0.272 e. The molecule has 1 N–H and O–H groups in total. The average molecular weight is 290 g/mol. The Labute approximate surface area is 127 Å². The van der Waals surface area contributed by atoms with Gasteiger partial charge in [-0.1, -0.05) is 26.7 Å². The first-order valence-electron chi connectivity index (χ1n) is 7.90. The molecular weight excluding hydrogens is 264 g/mol. The number of hydrogen-bond acceptors (Lipinski definition) is 3. The average Bonchev–Trinajstić information content (AvgIpc) is 2.42. The maximum atomic E-state index is 11.0. The lowest BCUT2D eigenvalue weighted by molar-refractivity contribution is -0.385. The molecule has 0 saturated heterocycles. The zero-order chi connectivity index (χ0) is 15.6. The van der Waals surface area contributed by atoms with E-state index in [0.29, 0.717) is 6.04 Å². The molecule has 0 radical (unpaired) electrons. The highest BCUT2D eigenvalue weighted by Crippen LogP contribution is 2.33. The monoisotopic (exact) mass is 290 g/mol. The Hall–Kier alpha value is -1.58. The molecule has 1 aliphatic rings. The van der Waals surface area contributed by atoms with Crippen molar-refractivity contribution in [1.82, 2.24) is 0 Å². The molecule has 0 aromatic heterocycles. The van der Waals surface area contributed by atoms with Gasteiger partial charge in [-0.15, -0.1) is 0 Å². The Balaban J connectivity index is 2.12. The number of anilines is 1. The van der Waals surface area contributed by atoms with Crippen molar-refractivity contribution in [2.45, 2.75) is 59.4 Å². The van der Waals surface area contributed by atoms with Gasteiger partial charge < -0.3 is 5.32 Å². The molecule has 2 atom stereocenters. The fourth-order valence-corrected chi connectivity index (χ4v) is 3.34. The molecule has 4 heteroatoms. The molecule has 0 aliphatic heterocycles. The van der Waals surface area contributed by atoms with Gasteiger partial charge in [-0.25, -0.2) is 0 Å². The maximum Gasteiger partial charge on any atom is 0.272 e. The summed E-state index contributed by atoms with van der Waals surface area (Å²) in [5, 5.41) is 14.6. The lowest BCUT2D eigenvalue weighted by Gasteiger charge is -2.33. The van der Waals surface area contributed by atoms with Gasteiger partial charge in [0.05, 0.1) is 4.92 Å². The van der Waals surface area contributed by atoms with Crippen LogP contribution in [0.3, 0.4) is 0 Å². The van der Waals surface area contributed by atoms with Gasteiger partial charge in [-0.2, -0.15) is 0 Å². The summed E-state index contributed by atoms with van der Waals surface area (Å²) in [6.45, 7) is 8.35. The van der Waals surface area contributed by atoms with Crippen molar-refractivity contribution in [1.29, 1.82) is 0 Å². The van der Waals surface area contributed by atoms with Crippen LogP contribution in [-0.2, 0) is 0 Å². The van der Waals surface area contributed by atoms with Gasteiger partial charge in [-0.05, 0) is 50.2 Å². The predicted molar refractivity (Wildman–Crippen MR) is 86.8 cm³/mol. The first-order valence-corrected chi connectivity index (χ1v) is 7.90. The van der Waals surface area contributed by atoms with Crippen LogP contribution in [0.5, 0.6) is 0 Å². The number of nitro benzene ring substituents is 1. The van der Waals surface area contributed by atoms with Crippen LogP contribution < -0.4 is 5.32 Å². The minimum absolute atomic E-state index is 0.210. The zero-order valence-corrected chi connectivity index (χ0v) is 13.5. The summed E-state index contributed by atoms with van der Waals surface area (Å²) < 4.78 is 0. The molecule has 2 unspecified atom stereocenters. The van der Waals surface area contributed by atoms with Gasteiger partial charge in [0, 0.05) is 23.4 Å². The summed E-state index contributed by atoms with van der Waals surface area (Å²) in [7, 11) is 0. The molecule has 0 spiro atoms. The van der Waals surface area contributed by atoms with Crippen LogP contribution in [0, 0.1) is 35.8 Å². The first-order chi connectivity index (χ1) is 9.88. The summed E-state index contributed by atoms with van der Waals surface area (Å²) in [5.41, 5.74) is 2.94. The first kappa shape index (κ1) is 15.8. The minimum atomic E-state index is -0.304. The van der Waals surface area contributed by atoms with E-state index in [9.17, 15) is 10.1 Å². The van der Waals surface area contributed by atoms with E-state index < -0.39 is 0 Å². The topological polar surface area (TPSA) is 55.2 Å². The second-order valence-corrected chi connectivity index (χ2v) is 6.72. The Morgan fingerprint density at radius 2 is 1.95 bits per heavy atom. The molecule has 1 fully saturated rings. The van der Waals surface area contributed by atoms with Crippen LogP contribution in [0.2, 0.25) is 0 Å². The van der Waals surface area contributed by atoms with Gasteiger partial charge in [0.1, 0.15) is 0 Å². The van der Waals surface area contributed by atoms with Crippen LogP contribution in [0.25, 0.3) is 0 Å². The number of benzene rings is 1. The summed E-state index contributed by atoms with van der Waals surface area (Å²) in [5.74, 6) is 1.52. The minimum Gasteiger partial charge on any atom is -0.382 e. The largest absolute Gasteiger partial charge is 0.382 e. The van der Waals surface area contributed by atoms with Crippen LogP contribution in [0.15, 0.2) is 12.1 Å². The molecule has 21 heavy (non-hydrogen) atoms. The number of rotatable bonds is 4. The van der Waals surface area contributed by atoms with E-state index in [1.54, 1.807) is 13.0 Å². The van der Waals surface area contributed by atoms with Gasteiger partial charge in [-0.3, -0.25) is 10.1 Å². The maximum absolute atomic E-state index is 11.0. The summed E-state index contributed by atoms with van der Waals surface area (Å²) in [4.78, 5) is 10.7. The lowest BCUT2D eigenvalue weighted by atomic mass is 9.79. The van der Waals surface area contributed by atoms with Crippen molar-refractivity contribution in [3.63, 3.8) is 0 Å². The van der Waals surface area contributed by atoms with E-state index in [0.717, 1.165) is 28.7 Å². The predicted octanol–water partition coefficient (Wildman–Crippen LogP) is 4.84. The molecule has 4 nitrogen and oxygen atoms in total. The quantitative estimate of drug-likeness (QED) is 0.637. The van der Waals surface area contributed by atoms with Crippen LogP contribution >= 0.6 is 0 Å². The van der Waals surface area contributed by atoms with Crippen molar-refractivity contribution < 1.29 is 4.92 Å². The molecule has 1 saturated carbocycles. The highest BCUT2D eigenvalue weighted by atomic mass is 16.6. The van der Waals surface area contributed by atoms with Crippen molar-refractivity contribution in [2.24, 2.45) is 11.8 Å². The van der Waals surface area contributed by atoms with Gasteiger partial charge >= 0.3 is 0 Å². The number of aryl methyl sites for hydroxylation is 2. The number of nitrogens with one attached hydrogen (secondary N) is 1. The third-order valence-electron chi connectivity index (χ3n) is 4.76. The van der Waals surface area contributed by atoms with Crippen molar-refractivity contribution in [2.75, 3.05) is 5.32 Å². The summed E-state index contributed by atoms with van der Waals surface area (Å²) >= 11 is 0.